The van der Waals surface area contributed by atoms with Crippen LogP contribution in [0.4, 0.5) is 0 Å². The molecule has 0 bridgehead atoms. The van der Waals surface area contributed by atoms with E-state index in [0.29, 0.717) is 11.3 Å². The molecule has 0 saturated heterocycles. The summed E-state index contributed by atoms with van der Waals surface area (Å²) in [5.41, 5.74) is 0. The van der Waals surface area contributed by atoms with E-state index in [-0.39, 0.29) is 11.8 Å². The number of hydrogen-bond donors (Lipinski definition) is 2. The summed E-state index contributed by atoms with van der Waals surface area (Å²) < 4.78 is 27.1. The van der Waals surface area contributed by atoms with Gasteiger partial charge in [0.25, 0.3) is 0 Å². The Balaban J connectivity index is 2.26. The van der Waals surface area contributed by atoms with Crippen molar-refractivity contribution in [3.05, 3.63) is 0 Å². The number of nitrogens with one attached hydrogen (secondary N) is 2. The molecule has 0 aromatic heterocycles. The van der Waals surface area contributed by atoms with E-state index in [1.807, 2.05) is 11.8 Å². The van der Waals surface area contributed by atoms with Crippen LogP contribution in [0.25, 0.3) is 0 Å². The van der Waals surface area contributed by atoms with E-state index < -0.39 is 10.0 Å². The molecule has 2 unspecified atom stereocenters. The van der Waals surface area contributed by atoms with Crippen molar-refractivity contribution in [1.29, 1.82) is 0 Å². The van der Waals surface area contributed by atoms with Gasteiger partial charge in [0.2, 0.25) is 10.0 Å². The average Bonchev–Trinajstić information content (AvgIpc) is 2.75. The van der Waals surface area contributed by atoms with E-state index in [2.05, 4.69) is 30.8 Å². The zero-order valence-electron chi connectivity index (χ0n) is 13.0. The van der Waals surface area contributed by atoms with Gasteiger partial charge in [0.1, 0.15) is 0 Å². The van der Waals surface area contributed by atoms with Crippen molar-refractivity contribution in [1.82, 2.24) is 10.0 Å². The lowest BCUT2D eigenvalue weighted by Crippen LogP contribution is -2.40. The summed E-state index contributed by atoms with van der Waals surface area (Å²) in [5.74, 6) is 1.32. The van der Waals surface area contributed by atoms with E-state index in [4.69, 9.17) is 0 Å². The first-order valence-electron chi connectivity index (χ1n) is 7.79. The van der Waals surface area contributed by atoms with E-state index >= 15 is 0 Å². The number of thioether (sulfide) groups is 1. The van der Waals surface area contributed by atoms with E-state index in [9.17, 15) is 8.42 Å². The van der Waals surface area contributed by atoms with Crippen LogP contribution in [0.3, 0.4) is 0 Å². The third kappa shape index (κ3) is 7.29. The first-order chi connectivity index (χ1) is 9.44. The fraction of sp³-hybridized carbons (Fsp3) is 1.00. The highest BCUT2D eigenvalue weighted by Crippen LogP contribution is 2.30. The van der Waals surface area contributed by atoms with Crippen molar-refractivity contribution in [2.24, 2.45) is 0 Å². The highest BCUT2D eigenvalue weighted by atomic mass is 32.2. The van der Waals surface area contributed by atoms with Crippen LogP contribution in [0.1, 0.15) is 52.9 Å². The normalized spacial score (nSPS) is 23.6. The number of unbranched alkanes of at least 4 members (excludes halogenated alkanes) is 1. The largest absolute Gasteiger partial charge is 0.315 e. The van der Waals surface area contributed by atoms with Crippen LogP contribution in [-0.2, 0) is 10.0 Å². The lowest BCUT2D eigenvalue weighted by molar-refractivity contribution is 0.542. The van der Waals surface area contributed by atoms with Crippen molar-refractivity contribution in [3.63, 3.8) is 0 Å². The Hall–Kier alpha value is 0.220. The van der Waals surface area contributed by atoms with Gasteiger partial charge in [-0.15, -0.1) is 0 Å². The molecular formula is C14H30N2O2S2. The first-order valence-corrected chi connectivity index (χ1v) is 10.5. The van der Waals surface area contributed by atoms with Crippen LogP contribution in [0.5, 0.6) is 0 Å². The predicted molar refractivity (Wildman–Crippen MR) is 88.9 cm³/mol. The Bertz CT molecular complexity index is 358. The van der Waals surface area contributed by atoms with Crippen LogP contribution in [0, 0.1) is 0 Å². The lowest BCUT2D eigenvalue weighted by Gasteiger charge is -2.20. The average molecular weight is 323 g/mol. The van der Waals surface area contributed by atoms with Crippen molar-refractivity contribution in [2.45, 2.75) is 70.2 Å². The van der Waals surface area contributed by atoms with Gasteiger partial charge in [-0.25, -0.2) is 13.1 Å². The quantitative estimate of drug-likeness (QED) is 0.606. The van der Waals surface area contributed by atoms with Gasteiger partial charge in [-0.1, -0.05) is 27.2 Å². The summed E-state index contributed by atoms with van der Waals surface area (Å²) in [7, 11) is -3.11. The van der Waals surface area contributed by atoms with Crippen LogP contribution >= 0.6 is 11.8 Å². The smallest absolute Gasteiger partial charge is 0.211 e. The van der Waals surface area contributed by atoms with Gasteiger partial charge in [-0.2, -0.15) is 11.8 Å². The van der Waals surface area contributed by atoms with Crippen molar-refractivity contribution < 1.29 is 8.42 Å². The molecule has 0 spiro atoms. The van der Waals surface area contributed by atoms with E-state index in [1.165, 1.54) is 0 Å². The predicted octanol–water partition coefficient (Wildman–Crippen LogP) is 2.36. The molecule has 0 aromatic carbocycles. The van der Waals surface area contributed by atoms with E-state index in [0.717, 1.165) is 44.4 Å². The lowest BCUT2D eigenvalue weighted by atomic mass is 10.3. The highest BCUT2D eigenvalue weighted by molar-refractivity contribution is 8.00. The van der Waals surface area contributed by atoms with Crippen molar-refractivity contribution in [3.8, 4) is 0 Å². The minimum atomic E-state index is -3.11. The van der Waals surface area contributed by atoms with Gasteiger partial charge in [0, 0.05) is 17.3 Å². The molecular weight excluding hydrogens is 292 g/mol. The molecule has 0 aliphatic heterocycles. The zero-order chi connectivity index (χ0) is 15.0. The molecule has 4 nitrogen and oxygen atoms in total. The molecule has 1 saturated carbocycles. The number of rotatable bonds is 10. The second kappa shape index (κ2) is 9.28. The van der Waals surface area contributed by atoms with Gasteiger partial charge in [-0.05, 0) is 38.0 Å². The summed E-state index contributed by atoms with van der Waals surface area (Å²) in [4.78, 5) is 0. The molecule has 20 heavy (non-hydrogen) atoms. The highest BCUT2D eigenvalue weighted by Gasteiger charge is 2.30. The molecule has 1 aliphatic rings. The Labute approximate surface area is 128 Å². The Kier molecular flexibility index (Phi) is 8.48. The van der Waals surface area contributed by atoms with E-state index in [1.54, 1.807) is 0 Å². The molecule has 1 aliphatic carbocycles. The number of sulfonamides is 1. The van der Waals surface area contributed by atoms with Gasteiger partial charge in [-0.3, -0.25) is 0 Å². The van der Waals surface area contributed by atoms with Crippen LogP contribution in [-0.4, -0.2) is 43.8 Å². The SMILES string of the molecule is CCSC1CCCC1NS(=O)(=O)CCCCNC(C)C. The Morgan fingerprint density at radius 1 is 1.25 bits per heavy atom. The molecule has 120 valence electrons. The van der Waals surface area contributed by atoms with Crippen LogP contribution < -0.4 is 10.0 Å². The maximum Gasteiger partial charge on any atom is 0.211 e. The summed E-state index contributed by atoms with van der Waals surface area (Å²) in [5, 5.41) is 3.78. The van der Waals surface area contributed by atoms with Gasteiger partial charge in [0.05, 0.1) is 5.75 Å². The van der Waals surface area contributed by atoms with Gasteiger partial charge < -0.3 is 5.32 Å². The summed E-state index contributed by atoms with van der Waals surface area (Å²) in [6, 6.07) is 0.619. The fourth-order valence-electron chi connectivity index (χ4n) is 2.57. The molecule has 0 heterocycles. The zero-order valence-corrected chi connectivity index (χ0v) is 14.7. The van der Waals surface area contributed by atoms with Crippen molar-refractivity contribution in [2.75, 3.05) is 18.1 Å². The summed E-state index contributed by atoms with van der Waals surface area (Å²) in [6.45, 7) is 7.23. The summed E-state index contributed by atoms with van der Waals surface area (Å²) >= 11 is 1.89. The standard InChI is InChI=1S/C14H30N2O2S2/c1-4-19-14-9-7-8-13(14)16-20(17,18)11-6-5-10-15-12(2)3/h12-16H,4-11H2,1-3H3. The molecule has 6 heteroatoms. The third-order valence-corrected chi connectivity index (χ3v) is 6.37. The molecule has 2 atom stereocenters. The minimum absolute atomic E-state index is 0.152. The maximum atomic E-state index is 12.1. The number of hydrogen-bond acceptors (Lipinski definition) is 4. The molecule has 1 fully saturated rings. The van der Waals surface area contributed by atoms with Crippen molar-refractivity contribution >= 4 is 21.8 Å². The van der Waals surface area contributed by atoms with Crippen LogP contribution in [0.15, 0.2) is 0 Å². The maximum absolute atomic E-state index is 12.1. The molecule has 2 N–H and O–H groups in total. The van der Waals surface area contributed by atoms with Crippen LogP contribution in [0.2, 0.25) is 0 Å². The second-order valence-electron chi connectivity index (χ2n) is 5.78. The first kappa shape index (κ1) is 18.3. The Morgan fingerprint density at radius 2 is 2.00 bits per heavy atom. The topological polar surface area (TPSA) is 58.2 Å². The summed E-state index contributed by atoms with van der Waals surface area (Å²) in [6.07, 6.45) is 4.92. The third-order valence-electron chi connectivity index (χ3n) is 3.56. The molecule has 0 aromatic rings. The minimum Gasteiger partial charge on any atom is -0.315 e. The molecule has 1 rings (SSSR count). The fourth-order valence-corrected chi connectivity index (χ4v) is 5.30. The van der Waals surface area contributed by atoms with Gasteiger partial charge in [0.15, 0.2) is 0 Å². The Morgan fingerprint density at radius 3 is 2.65 bits per heavy atom. The van der Waals surface area contributed by atoms with Gasteiger partial charge >= 0.3 is 0 Å². The molecule has 0 amide bonds. The second-order valence-corrected chi connectivity index (χ2v) is 9.17. The molecule has 0 radical (unpaired) electrons. The monoisotopic (exact) mass is 322 g/mol.